The number of anilines is 1. The van der Waals surface area contributed by atoms with Crippen LogP contribution in [0.2, 0.25) is 0 Å². The number of nitrogens with one attached hydrogen (secondary N) is 2. The van der Waals surface area contributed by atoms with E-state index in [1.54, 1.807) is 17.5 Å². The van der Waals surface area contributed by atoms with Gasteiger partial charge in [0.05, 0.1) is 5.56 Å². The SMILES string of the molecule is CC(C1CCCc2scc(C#N)c21)N(C)C(=N)c1ccnc(N2CCCNCC2)n1. The van der Waals surface area contributed by atoms with Crippen LogP contribution < -0.4 is 10.2 Å². The number of thiophene rings is 1. The number of hydrogen-bond donors (Lipinski definition) is 2. The lowest BCUT2D eigenvalue weighted by Crippen LogP contribution is -2.40. The number of fused-ring (bicyclic) bond motifs is 1. The van der Waals surface area contributed by atoms with Gasteiger partial charge in [0.1, 0.15) is 17.6 Å². The monoisotopic (exact) mass is 423 g/mol. The molecule has 30 heavy (non-hydrogen) atoms. The second kappa shape index (κ2) is 9.11. The summed E-state index contributed by atoms with van der Waals surface area (Å²) >= 11 is 1.71. The molecule has 0 spiro atoms. The quantitative estimate of drug-likeness (QED) is 0.580. The smallest absolute Gasteiger partial charge is 0.226 e. The van der Waals surface area contributed by atoms with E-state index >= 15 is 0 Å². The van der Waals surface area contributed by atoms with Crippen molar-refractivity contribution >= 4 is 23.1 Å². The van der Waals surface area contributed by atoms with Crippen LogP contribution in [-0.2, 0) is 6.42 Å². The van der Waals surface area contributed by atoms with Gasteiger partial charge in [0.15, 0.2) is 0 Å². The van der Waals surface area contributed by atoms with Gasteiger partial charge in [-0.25, -0.2) is 9.97 Å². The molecule has 4 rings (SSSR count). The van der Waals surface area contributed by atoms with E-state index in [1.165, 1.54) is 10.4 Å². The molecule has 0 aromatic carbocycles. The Hall–Kier alpha value is -2.50. The van der Waals surface area contributed by atoms with Crippen LogP contribution in [-0.4, -0.2) is 60.0 Å². The zero-order valence-corrected chi connectivity index (χ0v) is 18.5. The summed E-state index contributed by atoms with van der Waals surface area (Å²) in [5.74, 6) is 1.37. The molecule has 1 aliphatic heterocycles. The second-order valence-corrected chi connectivity index (χ2v) is 9.09. The topological polar surface area (TPSA) is 91.9 Å². The first kappa shape index (κ1) is 20.8. The summed E-state index contributed by atoms with van der Waals surface area (Å²) in [5.41, 5.74) is 2.67. The summed E-state index contributed by atoms with van der Waals surface area (Å²) in [4.78, 5) is 14.7. The summed E-state index contributed by atoms with van der Waals surface area (Å²) in [6.07, 6.45) is 6.07. The van der Waals surface area contributed by atoms with Crippen molar-refractivity contribution in [1.82, 2.24) is 20.2 Å². The highest BCUT2D eigenvalue weighted by Crippen LogP contribution is 2.40. The van der Waals surface area contributed by atoms with Gasteiger partial charge >= 0.3 is 0 Å². The Balaban J connectivity index is 1.54. The maximum atomic E-state index is 9.56. The van der Waals surface area contributed by atoms with Crippen LogP contribution in [0.15, 0.2) is 17.6 Å². The van der Waals surface area contributed by atoms with Crippen LogP contribution in [0.5, 0.6) is 0 Å². The molecule has 2 N–H and O–H groups in total. The van der Waals surface area contributed by atoms with Gasteiger partial charge in [-0.05, 0) is 50.8 Å². The van der Waals surface area contributed by atoms with Gasteiger partial charge in [0, 0.05) is 55.1 Å². The molecule has 7 nitrogen and oxygen atoms in total. The van der Waals surface area contributed by atoms with Gasteiger partial charge in [-0.15, -0.1) is 11.3 Å². The van der Waals surface area contributed by atoms with Gasteiger partial charge in [0.25, 0.3) is 0 Å². The molecule has 0 radical (unpaired) electrons. The van der Waals surface area contributed by atoms with E-state index in [2.05, 4.69) is 28.2 Å². The molecule has 2 aliphatic rings. The van der Waals surface area contributed by atoms with Gasteiger partial charge < -0.3 is 15.1 Å². The van der Waals surface area contributed by atoms with E-state index in [0.29, 0.717) is 17.5 Å². The van der Waals surface area contributed by atoms with Gasteiger partial charge in [0.2, 0.25) is 5.95 Å². The number of nitriles is 1. The number of aromatic nitrogens is 2. The highest BCUT2D eigenvalue weighted by Gasteiger charge is 2.32. The normalized spacial score (nSPS) is 20.0. The van der Waals surface area contributed by atoms with E-state index < -0.39 is 0 Å². The zero-order valence-electron chi connectivity index (χ0n) is 17.7. The minimum absolute atomic E-state index is 0.110. The van der Waals surface area contributed by atoms with Crippen LogP contribution in [0.1, 0.15) is 53.8 Å². The Bertz CT molecular complexity index is 939. The van der Waals surface area contributed by atoms with Crippen molar-refractivity contribution in [2.24, 2.45) is 0 Å². The van der Waals surface area contributed by atoms with Crippen molar-refractivity contribution in [1.29, 1.82) is 10.7 Å². The van der Waals surface area contributed by atoms with E-state index in [0.717, 1.165) is 57.4 Å². The average molecular weight is 424 g/mol. The maximum absolute atomic E-state index is 9.56. The molecule has 1 aliphatic carbocycles. The summed E-state index contributed by atoms with van der Waals surface area (Å²) in [5, 5.41) is 23.8. The molecule has 2 atom stereocenters. The molecule has 0 amide bonds. The second-order valence-electron chi connectivity index (χ2n) is 8.13. The number of aryl methyl sites for hydroxylation is 1. The lowest BCUT2D eigenvalue weighted by atomic mass is 9.80. The molecule has 1 saturated heterocycles. The van der Waals surface area contributed by atoms with Crippen molar-refractivity contribution in [3.8, 4) is 6.07 Å². The van der Waals surface area contributed by atoms with E-state index in [-0.39, 0.29) is 12.0 Å². The molecule has 2 unspecified atom stereocenters. The fraction of sp³-hybridized carbons (Fsp3) is 0.545. The van der Waals surface area contributed by atoms with Crippen LogP contribution in [0.25, 0.3) is 0 Å². The van der Waals surface area contributed by atoms with E-state index in [9.17, 15) is 5.26 Å². The molecule has 8 heteroatoms. The van der Waals surface area contributed by atoms with E-state index in [4.69, 9.17) is 10.4 Å². The third-order valence-corrected chi connectivity index (χ3v) is 7.44. The van der Waals surface area contributed by atoms with E-state index in [1.807, 2.05) is 23.4 Å². The molecule has 2 aromatic heterocycles. The zero-order chi connectivity index (χ0) is 21.1. The number of amidine groups is 1. The Labute approximate surface area is 182 Å². The standard InChI is InChI=1S/C22H29N7S/c1-15(17-5-3-6-19-20(17)16(13-23)14-30-19)28(2)21(24)18-7-9-26-22(27-18)29-11-4-8-25-10-12-29/h7,9,14-15,17,24-25H,3-6,8,10-12H2,1-2H3. The Morgan fingerprint density at radius 3 is 3.10 bits per heavy atom. The highest BCUT2D eigenvalue weighted by atomic mass is 32.1. The van der Waals surface area contributed by atoms with Crippen LogP contribution in [0, 0.1) is 16.7 Å². The molecule has 3 heterocycles. The van der Waals surface area contributed by atoms with Crippen molar-refractivity contribution in [3.05, 3.63) is 39.3 Å². The number of nitrogens with zero attached hydrogens (tertiary/aromatic N) is 5. The fourth-order valence-corrected chi connectivity index (χ4v) is 5.63. The predicted octanol–water partition coefficient (Wildman–Crippen LogP) is 2.98. The fourth-order valence-electron chi connectivity index (χ4n) is 4.54. The summed E-state index contributed by atoms with van der Waals surface area (Å²) in [6.45, 7) is 5.91. The summed E-state index contributed by atoms with van der Waals surface area (Å²) in [7, 11) is 1.97. The van der Waals surface area contributed by atoms with Gasteiger partial charge in [-0.3, -0.25) is 5.41 Å². The molecular weight excluding hydrogens is 394 g/mol. The Morgan fingerprint density at radius 1 is 1.40 bits per heavy atom. The number of likely N-dealkylation sites (N-methyl/N-ethyl adjacent to an activating group) is 1. The van der Waals surface area contributed by atoms with Crippen LogP contribution in [0.3, 0.4) is 0 Å². The van der Waals surface area contributed by atoms with Crippen molar-refractivity contribution in [2.45, 2.75) is 44.6 Å². The average Bonchev–Trinajstić information content (AvgIpc) is 3.02. The molecule has 0 bridgehead atoms. The molecule has 0 saturated carbocycles. The minimum atomic E-state index is 0.110. The van der Waals surface area contributed by atoms with Gasteiger partial charge in [-0.1, -0.05) is 0 Å². The van der Waals surface area contributed by atoms with Crippen molar-refractivity contribution < 1.29 is 0 Å². The first-order chi connectivity index (χ1) is 14.6. The highest BCUT2D eigenvalue weighted by molar-refractivity contribution is 7.10. The van der Waals surface area contributed by atoms with Crippen LogP contribution in [0.4, 0.5) is 5.95 Å². The summed E-state index contributed by atoms with van der Waals surface area (Å²) in [6, 6.07) is 4.31. The molecule has 2 aromatic rings. The number of hydrogen-bond acceptors (Lipinski definition) is 7. The van der Waals surface area contributed by atoms with Gasteiger partial charge in [-0.2, -0.15) is 5.26 Å². The first-order valence-corrected chi connectivity index (χ1v) is 11.6. The summed E-state index contributed by atoms with van der Waals surface area (Å²) < 4.78 is 0. The predicted molar refractivity (Wildman–Crippen MR) is 120 cm³/mol. The number of rotatable bonds is 4. The molecular formula is C22H29N7S. The van der Waals surface area contributed by atoms with Crippen molar-refractivity contribution in [2.75, 3.05) is 38.1 Å². The Kier molecular flexibility index (Phi) is 6.30. The third-order valence-electron chi connectivity index (χ3n) is 6.37. The lowest BCUT2D eigenvalue weighted by molar-refractivity contribution is 0.311. The third kappa shape index (κ3) is 4.05. The largest absolute Gasteiger partial charge is 0.355 e. The minimum Gasteiger partial charge on any atom is -0.355 e. The van der Waals surface area contributed by atoms with Crippen molar-refractivity contribution in [3.63, 3.8) is 0 Å². The first-order valence-electron chi connectivity index (χ1n) is 10.7. The molecule has 158 valence electrons. The molecule has 1 fully saturated rings. The maximum Gasteiger partial charge on any atom is 0.226 e. The van der Waals surface area contributed by atoms with Crippen LogP contribution >= 0.6 is 11.3 Å². The lowest BCUT2D eigenvalue weighted by Gasteiger charge is -2.36. The Morgan fingerprint density at radius 2 is 2.27 bits per heavy atom.